The number of rotatable bonds is 4. The number of carboxylic acid groups (broad SMARTS) is 1. The summed E-state index contributed by atoms with van der Waals surface area (Å²) in [4.78, 5) is 23.5. The maximum Gasteiger partial charge on any atom is 0.307 e. The predicted molar refractivity (Wildman–Crippen MR) is 69.6 cm³/mol. The molecule has 5 heteroatoms. The fraction of sp³-hybridized carbons (Fsp3) is 0.857. The molecule has 1 heterocycles. The molecule has 1 saturated heterocycles. The lowest BCUT2D eigenvalue weighted by atomic mass is 9.95. The Balaban J connectivity index is 1.94. The van der Waals surface area contributed by atoms with Gasteiger partial charge in [-0.1, -0.05) is 13.3 Å². The smallest absolute Gasteiger partial charge is 0.307 e. The summed E-state index contributed by atoms with van der Waals surface area (Å²) in [7, 11) is 0. The van der Waals surface area contributed by atoms with Gasteiger partial charge < -0.3 is 15.2 Å². The van der Waals surface area contributed by atoms with Crippen molar-refractivity contribution in [3.63, 3.8) is 0 Å². The molecule has 5 nitrogen and oxygen atoms in total. The van der Waals surface area contributed by atoms with Gasteiger partial charge in [0.05, 0.1) is 24.5 Å². The molecule has 1 aliphatic carbocycles. The van der Waals surface area contributed by atoms with Crippen LogP contribution in [0.5, 0.6) is 0 Å². The van der Waals surface area contributed by atoms with Crippen molar-refractivity contribution in [2.24, 2.45) is 17.8 Å². The first-order valence-corrected chi connectivity index (χ1v) is 7.22. The van der Waals surface area contributed by atoms with E-state index < -0.39 is 11.9 Å². The van der Waals surface area contributed by atoms with Gasteiger partial charge in [0.2, 0.25) is 5.91 Å². The molecule has 4 atom stereocenters. The Morgan fingerprint density at radius 2 is 2.05 bits per heavy atom. The van der Waals surface area contributed by atoms with Gasteiger partial charge in [0.25, 0.3) is 0 Å². The Kier molecular flexibility index (Phi) is 4.80. The van der Waals surface area contributed by atoms with Gasteiger partial charge in [-0.25, -0.2) is 0 Å². The Labute approximate surface area is 113 Å². The SMILES string of the molecule is CCC1CC(C(=O)O)C(C(=O)NC2CCCOC2)C1. The van der Waals surface area contributed by atoms with Crippen LogP contribution in [0.2, 0.25) is 0 Å². The van der Waals surface area contributed by atoms with Crippen LogP contribution in [0.25, 0.3) is 0 Å². The first-order valence-electron chi connectivity index (χ1n) is 7.22. The van der Waals surface area contributed by atoms with E-state index in [1.165, 1.54) is 0 Å². The molecule has 2 N–H and O–H groups in total. The van der Waals surface area contributed by atoms with Crippen molar-refractivity contribution in [2.45, 2.75) is 45.1 Å². The summed E-state index contributed by atoms with van der Waals surface area (Å²) in [5.74, 6) is -1.46. The van der Waals surface area contributed by atoms with Gasteiger partial charge >= 0.3 is 5.97 Å². The average Bonchev–Trinajstić information content (AvgIpc) is 2.84. The first-order chi connectivity index (χ1) is 9.11. The summed E-state index contributed by atoms with van der Waals surface area (Å²) in [5, 5.41) is 12.2. The Bertz CT molecular complexity index is 338. The zero-order chi connectivity index (χ0) is 13.8. The maximum absolute atomic E-state index is 12.3. The number of amides is 1. The van der Waals surface area contributed by atoms with E-state index in [0.29, 0.717) is 25.4 Å². The highest BCUT2D eigenvalue weighted by Crippen LogP contribution is 2.38. The molecule has 0 aromatic heterocycles. The third-order valence-corrected chi connectivity index (χ3v) is 4.40. The average molecular weight is 269 g/mol. The van der Waals surface area contributed by atoms with Crippen LogP contribution in [0.15, 0.2) is 0 Å². The second kappa shape index (κ2) is 6.37. The lowest BCUT2D eigenvalue weighted by Crippen LogP contribution is -2.45. The minimum absolute atomic E-state index is 0.0522. The minimum atomic E-state index is -0.837. The Hall–Kier alpha value is -1.10. The van der Waals surface area contributed by atoms with Crippen LogP contribution < -0.4 is 5.32 Å². The lowest BCUT2D eigenvalue weighted by molar-refractivity contribution is -0.146. The molecule has 0 radical (unpaired) electrons. The number of ether oxygens (including phenoxy) is 1. The molecule has 2 rings (SSSR count). The zero-order valence-corrected chi connectivity index (χ0v) is 11.4. The molecule has 19 heavy (non-hydrogen) atoms. The summed E-state index contributed by atoms with van der Waals surface area (Å²) in [6, 6.07) is 0.0522. The van der Waals surface area contributed by atoms with Crippen LogP contribution in [0.4, 0.5) is 0 Å². The van der Waals surface area contributed by atoms with Crippen LogP contribution >= 0.6 is 0 Å². The van der Waals surface area contributed by atoms with Gasteiger partial charge in [-0.3, -0.25) is 9.59 Å². The van der Waals surface area contributed by atoms with Gasteiger partial charge in [-0.05, 0) is 31.6 Å². The second-order valence-electron chi connectivity index (χ2n) is 5.72. The summed E-state index contributed by atoms with van der Waals surface area (Å²) in [6.07, 6.45) is 4.15. The fourth-order valence-corrected chi connectivity index (χ4v) is 3.20. The molecule has 2 fully saturated rings. The van der Waals surface area contributed by atoms with Crippen molar-refractivity contribution in [1.82, 2.24) is 5.32 Å². The van der Waals surface area contributed by atoms with Gasteiger partial charge in [0, 0.05) is 6.61 Å². The second-order valence-corrected chi connectivity index (χ2v) is 5.72. The molecule has 1 aliphatic heterocycles. The number of nitrogens with one attached hydrogen (secondary N) is 1. The van der Waals surface area contributed by atoms with Crippen molar-refractivity contribution in [2.75, 3.05) is 13.2 Å². The van der Waals surface area contributed by atoms with Crippen molar-refractivity contribution >= 4 is 11.9 Å². The predicted octanol–water partition coefficient (Wildman–Crippen LogP) is 1.42. The third kappa shape index (κ3) is 3.47. The zero-order valence-electron chi connectivity index (χ0n) is 11.4. The number of hydrogen-bond donors (Lipinski definition) is 2. The minimum Gasteiger partial charge on any atom is -0.481 e. The van der Waals surface area contributed by atoms with Crippen LogP contribution in [-0.4, -0.2) is 36.2 Å². The molecular formula is C14H23NO4. The number of carboxylic acids is 1. The van der Waals surface area contributed by atoms with Crippen molar-refractivity contribution in [1.29, 1.82) is 0 Å². The monoisotopic (exact) mass is 269 g/mol. The van der Waals surface area contributed by atoms with E-state index in [1.54, 1.807) is 0 Å². The molecule has 0 bridgehead atoms. The number of carbonyl (C=O) groups excluding carboxylic acids is 1. The number of aliphatic carboxylic acids is 1. The first kappa shape index (κ1) is 14.3. The molecule has 108 valence electrons. The quantitative estimate of drug-likeness (QED) is 0.809. The third-order valence-electron chi connectivity index (χ3n) is 4.40. The summed E-state index contributed by atoms with van der Waals surface area (Å²) >= 11 is 0. The number of hydrogen-bond acceptors (Lipinski definition) is 3. The van der Waals surface area contributed by atoms with E-state index in [-0.39, 0.29) is 17.9 Å². The van der Waals surface area contributed by atoms with Gasteiger partial charge in [-0.15, -0.1) is 0 Å². The number of carbonyl (C=O) groups is 2. The van der Waals surface area contributed by atoms with E-state index in [9.17, 15) is 14.7 Å². The standard InChI is InChI=1S/C14H23NO4/c1-2-9-6-11(12(7-9)14(17)18)13(16)15-10-4-3-5-19-8-10/h9-12H,2-8H2,1H3,(H,15,16)(H,17,18). The molecule has 0 spiro atoms. The highest BCUT2D eigenvalue weighted by atomic mass is 16.5. The molecule has 1 amide bonds. The topological polar surface area (TPSA) is 75.6 Å². The molecule has 0 aromatic carbocycles. The van der Waals surface area contributed by atoms with E-state index in [0.717, 1.165) is 25.9 Å². The van der Waals surface area contributed by atoms with Crippen LogP contribution in [-0.2, 0) is 14.3 Å². The summed E-state index contributed by atoms with van der Waals surface area (Å²) < 4.78 is 5.33. The van der Waals surface area contributed by atoms with E-state index >= 15 is 0 Å². The van der Waals surface area contributed by atoms with Gasteiger partial charge in [0.15, 0.2) is 0 Å². The van der Waals surface area contributed by atoms with E-state index in [1.807, 2.05) is 0 Å². The molecule has 2 aliphatic rings. The van der Waals surface area contributed by atoms with E-state index in [4.69, 9.17) is 4.74 Å². The van der Waals surface area contributed by atoms with Gasteiger partial charge in [-0.2, -0.15) is 0 Å². The van der Waals surface area contributed by atoms with Crippen molar-refractivity contribution in [3.05, 3.63) is 0 Å². The van der Waals surface area contributed by atoms with E-state index in [2.05, 4.69) is 12.2 Å². The highest BCUT2D eigenvalue weighted by molar-refractivity contribution is 5.85. The highest BCUT2D eigenvalue weighted by Gasteiger charge is 2.42. The Morgan fingerprint density at radius 1 is 1.32 bits per heavy atom. The molecule has 1 saturated carbocycles. The van der Waals surface area contributed by atoms with Crippen LogP contribution in [0.3, 0.4) is 0 Å². The summed E-state index contributed by atoms with van der Waals surface area (Å²) in [5.41, 5.74) is 0. The molecular weight excluding hydrogens is 246 g/mol. The molecule has 4 unspecified atom stereocenters. The lowest BCUT2D eigenvalue weighted by Gasteiger charge is -2.25. The maximum atomic E-state index is 12.3. The largest absolute Gasteiger partial charge is 0.481 e. The summed E-state index contributed by atoms with van der Waals surface area (Å²) in [6.45, 7) is 3.36. The Morgan fingerprint density at radius 3 is 2.63 bits per heavy atom. The normalized spacial score (nSPS) is 35.0. The fourth-order valence-electron chi connectivity index (χ4n) is 3.20. The van der Waals surface area contributed by atoms with Crippen LogP contribution in [0, 0.1) is 17.8 Å². The van der Waals surface area contributed by atoms with Crippen LogP contribution in [0.1, 0.15) is 39.0 Å². The molecule has 0 aromatic rings. The van der Waals surface area contributed by atoms with Crippen molar-refractivity contribution < 1.29 is 19.4 Å². The van der Waals surface area contributed by atoms with Gasteiger partial charge in [0.1, 0.15) is 0 Å². The van der Waals surface area contributed by atoms with Crippen molar-refractivity contribution in [3.8, 4) is 0 Å².